The van der Waals surface area contributed by atoms with Gasteiger partial charge in [0.05, 0.1) is 13.2 Å². The zero-order valence-corrected chi connectivity index (χ0v) is 19.8. The van der Waals surface area contributed by atoms with Gasteiger partial charge in [-0.2, -0.15) is 0 Å². The van der Waals surface area contributed by atoms with Crippen molar-refractivity contribution < 1.29 is 14.3 Å². The zero-order valence-electron chi connectivity index (χ0n) is 19.1. The van der Waals surface area contributed by atoms with Crippen LogP contribution in [-0.4, -0.2) is 29.6 Å². The molecular formula is C28H27ClN2O3. The first-order valence-corrected chi connectivity index (χ1v) is 12.3. The molecule has 6 heteroatoms. The minimum atomic E-state index is -0.318. The van der Waals surface area contributed by atoms with E-state index in [1.54, 1.807) is 7.11 Å². The number of halogens is 1. The molecule has 2 aromatic carbocycles. The van der Waals surface area contributed by atoms with Crippen molar-refractivity contribution in [1.82, 2.24) is 9.88 Å². The number of amides is 1. The summed E-state index contributed by atoms with van der Waals surface area (Å²) in [6.45, 7) is 0.585. The molecule has 3 aromatic rings. The molecule has 1 aliphatic heterocycles. The van der Waals surface area contributed by atoms with Gasteiger partial charge in [0.25, 0.3) is 0 Å². The van der Waals surface area contributed by atoms with Crippen molar-refractivity contribution in [2.24, 2.45) is 5.92 Å². The molecular weight excluding hydrogens is 448 g/mol. The normalized spacial score (nSPS) is 21.8. The molecule has 1 fully saturated rings. The Morgan fingerprint density at radius 2 is 1.97 bits per heavy atom. The van der Waals surface area contributed by atoms with Gasteiger partial charge in [0.2, 0.25) is 0 Å². The third-order valence-corrected chi connectivity index (χ3v) is 7.48. The predicted molar refractivity (Wildman–Crippen MR) is 133 cm³/mol. The number of methoxy groups -OCH3 is 1. The minimum Gasteiger partial charge on any atom is -0.497 e. The fraction of sp³-hybridized carbons (Fsp3) is 0.321. The second kappa shape index (κ2) is 8.55. The number of nitrogens with zero attached hydrogens (tertiary/aromatic N) is 1. The van der Waals surface area contributed by atoms with Crippen LogP contribution in [0.3, 0.4) is 0 Å². The lowest BCUT2D eigenvalue weighted by Crippen LogP contribution is -2.44. The van der Waals surface area contributed by atoms with Crippen LogP contribution in [0.4, 0.5) is 4.79 Å². The average molecular weight is 475 g/mol. The minimum absolute atomic E-state index is 0.103. The van der Waals surface area contributed by atoms with E-state index in [4.69, 9.17) is 21.1 Å². The Labute approximate surface area is 204 Å². The summed E-state index contributed by atoms with van der Waals surface area (Å²) in [5, 5.41) is 1.84. The number of carbonyl (C=O) groups excluding carboxylic acids is 1. The summed E-state index contributed by atoms with van der Waals surface area (Å²) in [6, 6.07) is 13.7. The molecule has 6 rings (SSSR count). The van der Waals surface area contributed by atoms with Crippen molar-refractivity contribution >= 4 is 28.6 Å². The fourth-order valence-corrected chi connectivity index (χ4v) is 5.50. The number of hydrogen-bond donors (Lipinski definition) is 1. The second-order valence-corrected chi connectivity index (χ2v) is 9.81. The predicted octanol–water partition coefficient (Wildman–Crippen LogP) is 6.90. The number of ether oxygens (including phenoxy) is 2. The number of carbonyl (C=O) groups is 1. The van der Waals surface area contributed by atoms with E-state index >= 15 is 0 Å². The van der Waals surface area contributed by atoms with Gasteiger partial charge in [-0.15, -0.1) is 0 Å². The molecule has 1 amide bonds. The van der Waals surface area contributed by atoms with Gasteiger partial charge in [0.1, 0.15) is 11.5 Å². The second-order valence-electron chi connectivity index (χ2n) is 9.38. The summed E-state index contributed by atoms with van der Waals surface area (Å²) in [5.74, 6) is 2.21. The number of allylic oxidation sites excluding steroid dienone is 2. The van der Waals surface area contributed by atoms with Crippen molar-refractivity contribution in [2.75, 3.05) is 13.7 Å². The number of hydrogen-bond acceptors (Lipinski definition) is 3. The Bertz CT molecular complexity index is 1300. The lowest BCUT2D eigenvalue weighted by atomic mass is 9.84. The molecule has 5 nitrogen and oxygen atoms in total. The molecule has 2 atom stereocenters. The van der Waals surface area contributed by atoms with Crippen molar-refractivity contribution in [3.05, 3.63) is 88.3 Å². The molecule has 2 aliphatic carbocycles. The summed E-state index contributed by atoms with van der Waals surface area (Å²) in [5.41, 5.74) is 4.66. The van der Waals surface area contributed by atoms with Crippen LogP contribution >= 0.6 is 11.6 Å². The summed E-state index contributed by atoms with van der Waals surface area (Å²) in [6.07, 6.45) is 9.92. The first kappa shape index (κ1) is 21.4. The van der Waals surface area contributed by atoms with E-state index in [1.165, 1.54) is 24.0 Å². The van der Waals surface area contributed by atoms with E-state index in [1.807, 2.05) is 41.3 Å². The van der Waals surface area contributed by atoms with E-state index in [0.29, 0.717) is 23.2 Å². The molecule has 1 N–H and O–H groups in total. The van der Waals surface area contributed by atoms with Crippen molar-refractivity contribution in [1.29, 1.82) is 0 Å². The number of fused-ring (bicyclic) bond motifs is 3. The Hall–Kier alpha value is -3.18. The zero-order chi connectivity index (χ0) is 23.2. The van der Waals surface area contributed by atoms with Crippen LogP contribution in [0, 0.1) is 5.92 Å². The summed E-state index contributed by atoms with van der Waals surface area (Å²) in [4.78, 5) is 18.9. The maximum atomic E-state index is 13.5. The number of aromatic amines is 1. The maximum absolute atomic E-state index is 13.5. The summed E-state index contributed by atoms with van der Waals surface area (Å²) < 4.78 is 11.3. The largest absolute Gasteiger partial charge is 0.497 e. The van der Waals surface area contributed by atoms with Gasteiger partial charge in [0, 0.05) is 34.1 Å². The highest BCUT2D eigenvalue weighted by atomic mass is 35.5. The number of aromatic nitrogens is 1. The van der Waals surface area contributed by atoms with E-state index in [2.05, 4.69) is 29.3 Å². The summed E-state index contributed by atoms with van der Waals surface area (Å²) in [7, 11) is 1.68. The van der Waals surface area contributed by atoms with Crippen molar-refractivity contribution in [2.45, 2.75) is 37.6 Å². The van der Waals surface area contributed by atoms with Gasteiger partial charge in [-0.3, -0.25) is 4.90 Å². The van der Waals surface area contributed by atoms with Crippen LogP contribution in [0.25, 0.3) is 10.9 Å². The Morgan fingerprint density at radius 1 is 1.15 bits per heavy atom. The molecule has 0 spiro atoms. The quantitative estimate of drug-likeness (QED) is 0.447. The topological polar surface area (TPSA) is 54.6 Å². The number of nitrogens with one attached hydrogen (secondary N) is 1. The van der Waals surface area contributed by atoms with Crippen molar-refractivity contribution in [3.63, 3.8) is 0 Å². The van der Waals surface area contributed by atoms with Crippen LogP contribution < -0.4 is 4.74 Å². The van der Waals surface area contributed by atoms with Crippen LogP contribution in [-0.2, 0) is 11.2 Å². The van der Waals surface area contributed by atoms with Gasteiger partial charge in [-0.25, -0.2) is 4.79 Å². The summed E-state index contributed by atoms with van der Waals surface area (Å²) >= 11 is 6.31. The van der Waals surface area contributed by atoms with Gasteiger partial charge < -0.3 is 14.5 Å². The van der Waals surface area contributed by atoms with Crippen LogP contribution in [0.5, 0.6) is 5.75 Å². The van der Waals surface area contributed by atoms with Crippen LogP contribution in [0.15, 0.2) is 66.5 Å². The monoisotopic (exact) mass is 474 g/mol. The standard InChI is InChI=1S/C28H27ClN2O3/c1-33-21-9-6-19(7-10-21)27-26-23(24-16-20(29)8-13-25(24)30-26)14-15-31(27)28(32)34-22-11-4-18(5-12-22)17-2-3-17/h4-6,8-13,16-17,19,27,30H,2-3,7,14-15H2,1H3. The molecule has 34 heavy (non-hydrogen) atoms. The third-order valence-electron chi connectivity index (χ3n) is 7.24. The lowest BCUT2D eigenvalue weighted by molar-refractivity contribution is 0.111. The van der Waals surface area contributed by atoms with Crippen LogP contribution in [0.1, 0.15) is 48.0 Å². The van der Waals surface area contributed by atoms with Gasteiger partial charge in [-0.1, -0.05) is 29.8 Å². The number of benzene rings is 2. The van der Waals surface area contributed by atoms with E-state index in [9.17, 15) is 4.79 Å². The number of H-pyrrole nitrogens is 1. The van der Waals surface area contributed by atoms with E-state index < -0.39 is 0 Å². The molecule has 3 aliphatic rings. The molecule has 2 unspecified atom stereocenters. The number of rotatable bonds is 4. The highest BCUT2D eigenvalue weighted by molar-refractivity contribution is 6.31. The smallest absolute Gasteiger partial charge is 0.415 e. The van der Waals surface area contributed by atoms with Crippen LogP contribution in [0.2, 0.25) is 5.02 Å². The maximum Gasteiger partial charge on any atom is 0.415 e. The van der Waals surface area contributed by atoms with Crippen molar-refractivity contribution in [3.8, 4) is 5.75 Å². The molecule has 174 valence electrons. The van der Waals surface area contributed by atoms with E-state index in [-0.39, 0.29) is 18.1 Å². The highest BCUT2D eigenvalue weighted by Gasteiger charge is 2.39. The molecule has 0 bridgehead atoms. The first-order valence-electron chi connectivity index (χ1n) is 11.9. The van der Waals surface area contributed by atoms with Gasteiger partial charge >= 0.3 is 6.09 Å². The Kier molecular flexibility index (Phi) is 5.37. The average Bonchev–Trinajstić information content (AvgIpc) is 3.65. The molecule has 1 aromatic heterocycles. The molecule has 0 radical (unpaired) electrons. The molecule has 2 heterocycles. The molecule has 1 saturated carbocycles. The highest BCUT2D eigenvalue weighted by Crippen LogP contribution is 2.43. The first-order chi connectivity index (χ1) is 16.6. The Morgan fingerprint density at radius 3 is 2.68 bits per heavy atom. The fourth-order valence-electron chi connectivity index (χ4n) is 5.33. The molecule has 0 saturated heterocycles. The lowest BCUT2D eigenvalue weighted by Gasteiger charge is -2.39. The Balaban J connectivity index is 1.33. The third kappa shape index (κ3) is 3.88. The SMILES string of the molecule is COC1=CCC(C2c3[nH]c4ccc(Cl)cc4c3CCN2C(=O)Oc2ccc(C3CC3)cc2)C=C1. The van der Waals surface area contributed by atoms with Gasteiger partial charge in [-0.05, 0) is 85.2 Å². The van der Waals surface area contributed by atoms with E-state index in [0.717, 1.165) is 35.2 Å². The van der Waals surface area contributed by atoms with Gasteiger partial charge in [0.15, 0.2) is 0 Å².